The van der Waals surface area contributed by atoms with Gasteiger partial charge in [-0.15, -0.1) is 9.53 Å². The van der Waals surface area contributed by atoms with Crippen molar-refractivity contribution in [1.29, 1.82) is 0 Å². The van der Waals surface area contributed by atoms with E-state index in [1.54, 1.807) is 25.2 Å². The van der Waals surface area contributed by atoms with Crippen LogP contribution >= 0.6 is 0 Å². The highest BCUT2D eigenvalue weighted by molar-refractivity contribution is 5.84. The Bertz CT molecular complexity index is 434. The number of para-hydroxylation sites is 1. The molecule has 5 heteroatoms. The van der Waals surface area contributed by atoms with Gasteiger partial charge in [0.15, 0.2) is 0 Å². The minimum absolute atomic E-state index is 0.498. The summed E-state index contributed by atoms with van der Waals surface area (Å²) >= 11 is 0. The van der Waals surface area contributed by atoms with Crippen molar-refractivity contribution >= 4 is 16.7 Å². The van der Waals surface area contributed by atoms with Crippen LogP contribution in [-0.2, 0) is 7.05 Å². The molecule has 0 aliphatic carbocycles. The number of aromatic nitrogens is 3. The Morgan fingerprint density at radius 1 is 1.58 bits per heavy atom. The van der Waals surface area contributed by atoms with Crippen molar-refractivity contribution < 1.29 is 4.85 Å². The number of nitrogens with two attached hydrogens (primary N) is 1. The molecular formula is C7H8N4O. The van der Waals surface area contributed by atoms with E-state index in [1.165, 1.54) is 4.68 Å². The lowest BCUT2D eigenvalue weighted by molar-refractivity contribution is -0.646. The molecule has 0 saturated heterocycles. The molecule has 1 heterocycles. The molecule has 0 bridgehead atoms. The smallest absolute Gasteiger partial charge is 0.221 e. The van der Waals surface area contributed by atoms with Gasteiger partial charge in [0.2, 0.25) is 11.0 Å². The zero-order valence-electron chi connectivity index (χ0n) is 6.56. The second-order valence-electron chi connectivity index (χ2n) is 2.60. The van der Waals surface area contributed by atoms with E-state index in [1.807, 2.05) is 0 Å². The molecule has 0 aliphatic heterocycles. The molecule has 1 aromatic carbocycles. The molecule has 0 atom stereocenters. The van der Waals surface area contributed by atoms with Crippen LogP contribution in [0.2, 0.25) is 0 Å². The van der Waals surface area contributed by atoms with Crippen molar-refractivity contribution in [2.24, 2.45) is 7.05 Å². The maximum absolute atomic E-state index is 11.1. The van der Waals surface area contributed by atoms with Crippen molar-refractivity contribution in [2.75, 3.05) is 5.73 Å². The summed E-state index contributed by atoms with van der Waals surface area (Å²) in [5.74, 6) is 0. The first-order valence-corrected chi connectivity index (χ1v) is 3.51. The average Bonchev–Trinajstić information content (AvgIpc) is 2.29. The van der Waals surface area contributed by atoms with Gasteiger partial charge in [0, 0.05) is 0 Å². The number of hydrogen-bond acceptors (Lipinski definition) is 3. The van der Waals surface area contributed by atoms with Gasteiger partial charge in [-0.05, 0) is 12.1 Å². The van der Waals surface area contributed by atoms with Gasteiger partial charge in [-0.3, -0.25) is 0 Å². The van der Waals surface area contributed by atoms with Crippen LogP contribution < -0.4 is 10.6 Å². The molecule has 0 spiro atoms. The van der Waals surface area contributed by atoms with Crippen LogP contribution in [0.3, 0.4) is 0 Å². The third kappa shape index (κ3) is 0.730. The first-order chi connectivity index (χ1) is 5.70. The molecule has 2 aromatic rings. The summed E-state index contributed by atoms with van der Waals surface area (Å²) in [4.78, 5) is 0.561. The zero-order chi connectivity index (χ0) is 8.72. The SMILES string of the molecule is Cn1n[n+]([O-])c2cccc(N)c21. The molecule has 0 saturated carbocycles. The van der Waals surface area contributed by atoms with Gasteiger partial charge in [-0.2, -0.15) is 0 Å². The fourth-order valence-electron chi connectivity index (χ4n) is 1.27. The lowest BCUT2D eigenvalue weighted by atomic mass is 10.3. The third-order valence-electron chi connectivity index (χ3n) is 1.79. The second kappa shape index (κ2) is 2.10. The van der Waals surface area contributed by atoms with Crippen LogP contribution in [0.25, 0.3) is 11.0 Å². The minimum Gasteiger partial charge on any atom is -0.691 e. The largest absolute Gasteiger partial charge is 0.691 e. The van der Waals surface area contributed by atoms with Crippen molar-refractivity contribution in [2.45, 2.75) is 0 Å². The fraction of sp³-hybridized carbons (Fsp3) is 0.143. The monoisotopic (exact) mass is 164 g/mol. The van der Waals surface area contributed by atoms with Crippen molar-refractivity contribution in [3.8, 4) is 0 Å². The van der Waals surface area contributed by atoms with E-state index in [4.69, 9.17) is 5.73 Å². The second-order valence-corrected chi connectivity index (χ2v) is 2.60. The van der Waals surface area contributed by atoms with Gasteiger partial charge < -0.3 is 10.9 Å². The highest BCUT2D eigenvalue weighted by atomic mass is 16.5. The number of anilines is 1. The predicted octanol–water partition coefficient (Wildman–Crippen LogP) is -0.211. The molecule has 0 fully saturated rings. The van der Waals surface area contributed by atoms with Crippen LogP contribution in [0, 0.1) is 5.21 Å². The molecule has 62 valence electrons. The Kier molecular flexibility index (Phi) is 1.21. The van der Waals surface area contributed by atoms with Crippen LogP contribution in [0.5, 0.6) is 0 Å². The highest BCUT2D eigenvalue weighted by Gasteiger charge is 2.12. The summed E-state index contributed by atoms with van der Waals surface area (Å²) in [6, 6.07) is 5.16. The molecule has 1 aromatic heterocycles. The number of fused-ring (bicyclic) bond motifs is 1. The van der Waals surface area contributed by atoms with E-state index in [9.17, 15) is 5.21 Å². The topological polar surface area (TPSA) is 70.8 Å². The van der Waals surface area contributed by atoms with Crippen LogP contribution in [0.15, 0.2) is 18.2 Å². The first kappa shape index (κ1) is 6.90. The van der Waals surface area contributed by atoms with E-state index in [2.05, 4.69) is 5.21 Å². The predicted molar refractivity (Wildman–Crippen MR) is 44.1 cm³/mol. The van der Waals surface area contributed by atoms with Crippen molar-refractivity contribution in [3.63, 3.8) is 0 Å². The van der Waals surface area contributed by atoms with E-state index in [0.717, 1.165) is 0 Å². The standard InChI is InChI=1S/C7H8N4O/c1-10-7-5(8)3-2-4-6(7)11(12)9-10/h2-4H,8H2,1H3. The van der Waals surface area contributed by atoms with E-state index in [0.29, 0.717) is 21.6 Å². The number of hydrogen-bond donors (Lipinski definition) is 1. The maximum Gasteiger partial charge on any atom is 0.221 e. The maximum atomic E-state index is 11.1. The van der Waals surface area contributed by atoms with Crippen LogP contribution in [0.4, 0.5) is 5.69 Å². The minimum atomic E-state index is 0.498. The molecule has 2 N–H and O–H groups in total. The Balaban J connectivity index is 2.99. The third-order valence-corrected chi connectivity index (χ3v) is 1.79. The van der Waals surface area contributed by atoms with Crippen LogP contribution in [-0.4, -0.2) is 9.90 Å². The highest BCUT2D eigenvalue weighted by Crippen LogP contribution is 2.15. The lowest BCUT2D eigenvalue weighted by Crippen LogP contribution is -2.29. The molecule has 0 amide bonds. The normalized spacial score (nSPS) is 10.8. The van der Waals surface area contributed by atoms with Crippen molar-refractivity contribution in [1.82, 2.24) is 9.90 Å². The van der Waals surface area contributed by atoms with Gasteiger partial charge >= 0.3 is 0 Å². The van der Waals surface area contributed by atoms with Gasteiger partial charge in [-0.25, -0.2) is 0 Å². The Morgan fingerprint density at radius 2 is 2.33 bits per heavy atom. The number of rotatable bonds is 0. The van der Waals surface area contributed by atoms with Gasteiger partial charge in [0.25, 0.3) is 0 Å². The summed E-state index contributed by atoms with van der Waals surface area (Å²) in [7, 11) is 1.69. The molecular weight excluding hydrogens is 156 g/mol. The Hall–Kier alpha value is -1.78. The molecule has 2 rings (SSSR count). The fourth-order valence-corrected chi connectivity index (χ4v) is 1.27. The Morgan fingerprint density at radius 3 is 3.00 bits per heavy atom. The summed E-state index contributed by atoms with van der Waals surface area (Å²) in [5, 5.41) is 14.7. The summed E-state index contributed by atoms with van der Waals surface area (Å²) < 4.78 is 1.47. The van der Waals surface area contributed by atoms with Gasteiger partial charge in [0.1, 0.15) is 7.05 Å². The first-order valence-electron chi connectivity index (χ1n) is 3.51. The van der Waals surface area contributed by atoms with Crippen molar-refractivity contribution in [3.05, 3.63) is 23.4 Å². The zero-order valence-corrected chi connectivity index (χ0v) is 6.56. The molecule has 0 radical (unpaired) electrons. The van der Waals surface area contributed by atoms with Gasteiger partial charge in [-0.1, -0.05) is 6.07 Å². The van der Waals surface area contributed by atoms with E-state index < -0.39 is 0 Å². The average molecular weight is 164 g/mol. The Labute approximate surface area is 68.6 Å². The molecule has 0 aliphatic rings. The summed E-state index contributed by atoms with van der Waals surface area (Å²) in [6.07, 6.45) is 0. The number of nitrogens with zero attached hydrogens (tertiary/aromatic N) is 3. The summed E-state index contributed by atoms with van der Waals surface area (Å²) in [5.41, 5.74) is 7.40. The molecule has 12 heavy (non-hydrogen) atoms. The molecule has 0 unspecified atom stereocenters. The quantitative estimate of drug-likeness (QED) is 0.332. The number of nitrogen functional groups attached to an aromatic ring is 1. The van der Waals surface area contributed by atoms with Crippen LogP contribution in [0.1, 0.15) is 0 Å². The van der Waals surface area contributed by atoms with E-state index in [-0.39, 0.29) is 0 Å². The summed E-state index contributed by atoms with van der Waals surface area (Å²) in [6.45, 7) is 0. The lowest BCUT2D eigenvalue weighted by Gasteiger charge is -1.92. The number of aryl methyl sites for hydroxylation is 1. The number of benzene rings is 1. The van der Waals surface area contributed by atoms with E-state index >= 15 is 0 Å². The molecule has 5 nitrogen and oxygen atoms in total. The van der Waals surface area contributed by atoms with Gasteiger partial charge in [0.05, 0.1) is 10.9 Å².